The summed E-state index contributed by atoms with van der Waals surface area (Å²) in [5.41, 5.74) is 0. The number of phosphoric ester groups is 1. The van der Waals surface area contributed by atoms with Gasteiger partial charge in [-0.05, 0) is 79.9 Å². The first-order valence-corrected chi connectivity index (χ1v) is 13.7. The van der Waals surface area contributed by atoms with Crippen LogP contribution in [-0.4, -0.2) is 76.6 Å². The average Bonchev–Trinajstić information content (AvgIpc) is 2.61. The van der Waals surface area contributed by atoms with Crippen LogP contribution in [0.25, 0.3) is 0 Å². The van der Waals surface area contributed by atoms with Crippen molar-refractivity contribution < 1.29 is 46.8 Å². The van der Waals surface area contributed by atoms with Gasteiger partial charge in [0.2, 0.25) is 0 Å². The fraction of sp³-hybridized carbons (Fsp3) is 0.500. The van der Waals surface area contributed by atoms with Gasteiger partial charge in [-0.1, -0.05) is 0 Å². The third kappa shape index (κ3) is 13.2. The number of carbonyl (C=O) groups excluding carboxylic acids is 2. The number of esters is 2. The summed E-state index contributed by atoms with van der Waals surface area (Å²) in [6.45, 7) is 3.69. The number of nitrogens with zero attached hydrogens (tertiary/aromatic N) is 1. The number of halogens is 3. The van der Waals surface area contributed by atoms with E-state index < -0.39 is 45.7 Å². The van der Waals surface area contributed by atoms with Crippen LogP contribution in [0.2, 0.25) is 0 Å². The van der Waals surface area contributed by atoms with Gasteiger partial charge in [0, 0.05) is 3.57 Å². The Labute approximate surface area is 228 Å². The number of phosphoric acid groups is 1. The van der Waals surface area contributed by atoms with Crippen LogP contribution >= 0.6 is 75.6 Å². The second kappa shape index (κ2) is 13.9. The first-order valence-electron chi connectivity index (χ1n) is 8.98. The Bertz CT molecular complexity index is 824. The molecule has 1 rings (SSSR count). The van der Waals surface area contributed by atoms with Crippen molar-refractivity contribution in [2.24, 2.45) is 0 Å². The highest BCUT2D eigenvalue weighted by Gasteiger charge is 2.22. The van der Waals surface area contributed by atoms with Gasteiger partial charge in [-0.15, -0.1) is 0 Å². The van der Waals surface area contributed by atoms with E-state index in [9.17, 15) is 19.0 Å². The molecule has 2 atom stereocenters. The molecule has 1 aromatic carbocycles. The quantitative estimate of drug-likeness (QED) is 0.128. The molecule has 0 aromatic heterocycles. The minimum atomic E-state index is -4.66. The van der Waals surface area contributed by atoms with Gasteiger partial charge < -0.3 is 32.6 Å². The van der Waals surface area contributed by atoms with Crippen molar-refractivity contribution in [2.75, 3.05) is 54.1 Å². The van der Waals surface area contributed by atoms with Crippen LogP contribution in [0, 0.1) is 17.6 Å². The first kappa shape index (κ1) is 30.3. The molecule has 0 aliphatic heterocycles. The molecule has 1 aromatic rings. The predicted octanol–water partition coefficient (Wildman–Crippen LogP) is 2.25. The Kier molecular flexibility index (Phi) is 13.2. The summed E-state index contributed by atoms with van der Waals surface area (Å²) in [5.74, 6) is -1.42. The van der Waals surface area contributed by atoms with Crippen molar-refractivity contribution in [3.05, 3.63) is 29.8 Å². The highest BCUT2D eigenvalue weighted by molar-refractivity contribution is 14.1. The van der Waals surface area contributed by atoms with E-state index in [4.69, 9.17) is 25.4 Å². The molecule has 0 heterocycles. The van der Waals surface area contributed by atoms with Crippen LogP contribution in [0.3, 0.4) is 0 Å². The molecule has 0 amide bonds. The van der Waals surface area contributed by atoms with Crippen molar-refractivity contribution in [3.63, 3.8) is 0 Å². The molecule has 180 valence electrons. The predicted molar refractivity (Wildman–Crippen MR) is 138 cm³/mol. The minimum absolute atomic E-state index is 0.0896. The number of ether oxygens (including phenoxy) is 3. The molecule has 0 aliphatic rings. The summed E-state index contributed by atoms with van der Waals surface area (Å²) in [6.07, 6.45) is -1.24. The molecule has 0 aliphatic carbocycles. The lowest BCUT2D eigenvalue weighted by Crippen LogP contribution is -2.37. The zero-order valence-electron chi connectivity index (χ0n) is 17.5. The Morgan fingerprint density at radius 3 is 2.25 bits per heavy atom. The van der Waals surface area contributed by atoms with Crippen LogP contribution in [0.4, 0.5) is 0 Å². The summed E-state index contributed by atoms with van der Waals surface area (Å²) in [6, 6.07) is 3.76. The largest absolute Gasteiger partial charge is 0.756 e. The van der Waals surface area contributed by atoms with Crippen molar-refractivity contribution in [3.8, 4) is 5.75 Å². The lowest BCUT2D eigenvalue weighted by Gasteiger charge is -2.28. The van der Waals surface area contributed by atoms with Crippen molar-refractivity contribution in [2.45, 2.75) is 6.10 Å². The minimum Gasteiger partial charge on any atom is -0.756 e. The number of hydrogen-bond acceptors (Lipinski definition) is 9. The van der Waals surface area contributed by atoms with Gasteiger partial charge in [0.15, 0.2) is 12.7 Å². The first-order chi connectivity index (χ1) is 14.7. The summed E-state index contributed by atoms with van der Waals surface area (Å²) in [5, 5.41) is 0. The fourth-order valence-electron chi connectivity index (χ4n) is 1.95. The standard InChI is InChI=1S/C18H23I3NO9P/c1-12(23)27-9-14(10-30-32(25,26)29-6-5-22(2,3)4)31-17(24)11-28-18-15(20)7-13(19)8-16(18)21/h1,7-8,14H,5-6,9-11H2,2-4H3/t14-/m1/s1. The van der Waals surface area contributed by atoms with Crippen LogP contribution in [-0.2, 0) is 32.7 Å². The maximum atomic E-state index is 12.2. The van der Waals surface area contributed by atoms with E-state index in [1.165, 1.54) is 0 Å². The third-order valence-corrected chi connectivity index (χ3v) is 6.63. The molecule has 0 spiro atoms. The molecule has 10 nitrogen and oxygen atoms in total. The van der Waals surface area contributed by atoms with Crippen LogP contribution in [0.5, 0.6) is 5.75 Å². The number of likely N-dealkylation sites (N-methyl/N-ethyl adjacent to an activating group) is 1. The Balaban J connectivity index is 2.65. The molecule has 0 saturated heterocycles. The van der Waals surface area contributed by atoms with E-state index >= 15 is 0 Å². The van der Waals surface area contributed by atoms with E-state index in [0.29, 0.717) is 16.8 Å². The van der Waals surface area contributed by atoms with Crippen LogP contribution in [0.15, 0.2) is 12.1 Å². The average molecular weight is 809 g/mol. The normalized spacial score (nSPS) is 14.4. The van der Waals surface area contributed by atoms with Gasteiger partial charge in [0.1, 0.15) is 25.5 Å². The van der Waals surface area contributed by atoms with Gasteiger partial charge in [-0.2, -0.15) is 0 Å². The maximum Gasteiger partial charge on any atom is 0.344 e. The fourth-order valence-corrected chi connectivity index (χ4v) is 6.57. The third-order valence-electron chi connectivity index (χ3n) is 3.44. The highest BCUT2D eigenvalue weighted by atomic mass is 127. The van der Waals surface area contributed by atoms with E-state index in [-0.39, 0.29) is 6.61 Å². The second-order valence-corrected chi connectivity index (χ2v) is 12.3. The molecule has 14 heteroatoms. The van der Waals surface area contributed by atoms with E-state index in [1.54, 1.807) is 0 Å². The summed E-state index contributed by atoms with van der Waals surface area (Å²) in [4.78, 5) is 35.0. The molecule has 32 heavy (non-hydrogen) atoms. The molecular weight excluding hydrogens is 786 g/mol. The SMILES string of the molecule is [CH]C(=O)OC[C@H](COP(=O)([O-])OCC[N+](C)(C)C)OC(=O)COc1c(I)cc(I)cc1I. The highest BCUT2D eigenvalue weighted by Crippen LogP contribution is 2.38. The van der Waals surface area contributed by atoms with Crippen molar-refractivity contribution in [1.29, 1.82) is 0 Å². The Morgan fingerprint density at radius 2 is 1.72 bits per heavy atom. The number of rotatable bonds is 13. The molecule has 1 unspecified atom stereocenters. The van der Waals surface area contributed by atoms with Gasteiger partial charge in [0.05, 0.1) is 41.8 Å². The van der Waals surface area contributed by atoms with Gasteiger partial charge in [-0.3, -0.25) is 9.36 Å². The van der Waals surface area contributed by atoms with Crippen molar-refractivity contribution in [1.82, 2.24) is 0 Å². The summed E-state index contributed by atoms with van der Waals surface area (Å²) in [7, 11) is 0.955. The summed E-state index contributed by atoms with van der Waals surface area (Å²) >= 11 is 6.33. The Hall–Kier alpha value is 0.220. The number of benzene rings is 1. The van der Waals surface area contributed by atoms with Crippen LogP contribution in [0.1, 0.15) is 0 Å². The number of carbonyl (C=O) groups is 2. The van der Waals surface area contributed by atoms with Crippen molar-refractivity contribution >= 4 is 87.5 Å². The van der Waals surface area contributed by atoms with Gasteiger partial charge >= 0.3 is 11.9 Å². The lowest BCUT2D eigenvalue weighted by molar-refractivity contribution is -0.870. The molecule has 2 radical (unpaired) electrons. The molecule has 0 bridgehead atoms. The Morgan fingerprint density at radius 1 is 1.12 bits per heavy atom. The monoisotopic (exact) mass is 809 g/mol. The van der Waals surface area contributed by atoms with E-state index in [1.807, 2.05) is 33.3 Å². The zero-order valence-corrected chi connectivity index (χ0v) is 24.9. The summed E-state index contributed by atoms with van der Waals surface area (Å²) < 4.78 is 39.9. The maximum absolute atomic E-state index is 12.2. The molecule has 0 saturated carbocycles. The lowest BCUT2D eigenvalue weighted by atomic mass is 10.3. The van der Waals surface area contributed by atoms with E-state index in [0.717, 1.165) is 10.7 Å². The zero-order chi connectivity index (χ0) is 24.5. The van der Waals surface area contributed by atoms with Gasteiger partial charge in [0.25, 0.3) is 7.82 Å². The van der Waals surface area contributed by atoms with Crippen LogP contribution < -0.4 is 9.63 Å². The van der Waals surface area contributed by atoms with E-state index in [2.05, 4.69) is 72.5 Å². The van der Waals surface area contributed by atoms with Gasteiger partial charge in [-0.25, -0.2) is 4.79 Å². The number of hydrogen-bond donors (Lipinski definition) is 0. The smallest absolute Gasteiger partial charge is 0.344 e. The molecular formula is C18H23I3NO9P. The number of quaternary nitrogens is 1. The second-order valence-electron chi connectivity index (χ2n) is 7.32. The topological polar surface area (TPSA) is 120 Å². The molecule has 0 N–H and O–H groups in total. The molecule has 0 fully saturated rings.